The third-order valence-electron chi connectivity index (χ3n) is 3.20. The number of nitrogens with one attached hydrogen (secondary N) is 2. The highest BCUT2D eigenvalue weighted by Gasteiger charge is 2.43. The molecule has 19 heavy (non-hydrogen) atoms. The van der Waals surface area contributed by atoms with Gasteiger partial charge in [0.25, 0.3) is 0 Å². The van der Waals surface area contributed by atoms with Crippen LogP contribution in [0, 0.1) is 5.92 Å². The minimum Gasteiger partial charge on any atom is -0.355 e. The van der Waals surface area contributed by atoms with Gasteiger partial charge in [0.2, 0.25) is 11.8 Å². The Hall–Kier alpha value is -1.36. The summed E-state index contributed by atoms with van der Waals surface area (Å²) in [5.41, 5.74) is 1.20. The third kappa shape index (κ3) is 4.06. The van der Waals surface area contributed by atoms with Gasteiger partial charge in [0.1, 0.15) is 0 Å². The molecule has 2 unspecified atom stereocenters. The molecular formula is C14H17BrN2O2. The summed E-state index contributed by atoms with van der Waals surface area (Å²) in [6.07, 6.45) is 0.905. The van der Waals surface area contributed by atoms with Crippen molar-refractivity contribution in [1.29, 1.82) is 0 Å². The van der Waals surface area contributed by atoms with Crippen molar-refractivity contribution in [3.8, 4) is 0 Å². The SMILES string of the molecule is CC(=O)NCCNC(=O)C1CC1c1cccc(Br)c1. The lowest BCUT2D eigenvalue weighted by atomic mass is 10.1. The highest BCUT2D eigenvalue weighted by Crippen LogP contribution is 2.47. The van der Waals surface area contributed by atoms with Crippen LogP contribution < -0.4 is 10.6 Å². The van der Waals surface area contributed by atoms with E-state index in [0.717, 1.165) is 10.9 Å². The Bertz CT molecular complexity index is 490. The number of hydrogen-bond acceptors (Lipinski definition) is 2. The lowest BCUT2D eigenvalue weighted by molar-refractivity contribution is -0.123. The van der Waals surface area contributed by atoms with Crippen LogP contribution in [0.25, 0.3) is 0 Å². The van der Waals surface area contributed by atoms with E-state index >= 15 is 0 Å². The molecule has 0 radical (unpaired) electrons. The van der Waals surface area contributed by atoms with Gasteiger partial charge in [0, 0.05) is 30.4 Å². The van der Waals surface area contributed by atoms with Gasteiger partial charge >= 0.3 is 0 Å². The molecule has 2 amide bonds. The molecule has 0 bridgehead atoms. The van der Waals surface area contributed by atoms with Crippen LogP contribution in [-0.4, -0.2) is 24.9 Å². The first-order valence-corrected chi connectivity index (χ1v) is 7.15. The molecule has 2 atom stereocenters. The number of benzene rings is 1. The first-order valence-electron chi connectivity index (χ1n) is 6.35. The summed E-state index contributed by atoms with van der Waals surface area (Å²) in [6, 6.07) is 8.09. The van der Waals surface area contributed by atoms with Crippen molar-refractivity contribution < 1.29 is 9.59 Å². The third-order valence-corrected chi connectivity index (χ3v) is 3.70. The highest BCUT2D eigenvalue weighted by molar-refractivity contribution is 9.10. The Morgan fingerprint density at radius 2 is 2.05 bits per heavy atom. The normalized spacial score (nSPS) is 20.7. The number of hydrogen-bond donors (Lipinski definition) is 2. The molecule has 2 rings (SSSR count). The average Bonchev–Trinajstić information content (AvgIpc) is 3.14. The zero-order valence-corrected chi connectivity index (χ0v) is 12.4. The minimum absolute atomic E-state index is 0.0756. The molecule has 1 aliphatic rings. The van der Waals surface area contributed by atoms with Crippen molar-refractivity contribution in [2.24, 2.45) is 5.92 Å². The van der Waals surface area contributed by atoms with Crippen LogP contribution in [0.5, 0.6) is 0 Å². The fourth-order valence-corrected chi connectivity index (χ4v) is 2.56. The quantitative estimate of drug-likeness (QED) is 0.811. The zero-order chi connectivity index (χ0) is 13.8. The maximum Gasteiger partial charge on any atom is 0.223 e. The molecule has 1 aliphatic carbocycles. The maximum atomic E-state index is 11.9. The second kappa shape index (κ2) is 6.19. The van der Waals surface area contributed by atoms with Gasteiger partial charge in [-0.1, -0.05) is 28.1 Å². The summed E-state index contributed by atoms with van der Waals surface area (Å²) in [4.78, 5) is 22.6. The molecule has 0 spiro atoms. The molecule has 1 saturated carbocycles. The zero-order valence-electron chi connectivity index (χ0n) is 10.8. The molecular weight excluding hydrogens is 308 g/mol. The van der Waals surface area contributed by atoms with Gasteiger partial charge in [-0.05, 0) is 30.0 Å². The second-order valence-corrected chi connectivity index (χ2v) is 5.69. The van der Waals surface area contributed by atoms with E-state index < -0.39 is 0 Å². The van der Waals surface area contributed by atoms with Crippen molar-refractivity contribution >= 4 is 27.7 Å². The fraction of sp³-hybridized carbons (Fsp3) is 0.429. The Morgan fingerprint density at radius 3 is 2.74 bits per heavy atom. The van der Waals surface area contributed by atoms with E-state index in [-0.39, 0.29) is 17.7 Å². The fourth-order valence-electron chi connectivity index (χ4n) is 2.15. The van der Waals surface area contributed by atoms with Gasteiger partial charge in [-0.3, -0.25) is 9.59 Å². The Balaban J connectivity index is 1.76. The standard InChI is InChI=1S/C14H17BrN2O2/c1-9(18)16-5-6-17-14(19)13-8-12(13)10-3-2-4-11(15)7-10/h2-4,7,12-13H,5-6,8H2,1H3,(H,16,18)(H,17,19). The summed E-state index contributed by atoms with van der Waals surface area (Å²) in [5, 5.41) is 5.50. The van der Waals surface area contributed by atoms with E-state index in [0.29, 0.717) is 19.0 Å². The number of rotatable bonds is 5. The first kappa shape index (κ1) is 14.1. The predicted molar refractivity (Wildman–Crippen MR) is 76.7 cm³/mol. The second-order valence-electron chi connectivity index (χ2n) is 4.78. The Kier molecular flexibility index (Phi) is 4.58. The van der Waals surface area contributed by atoms with Gasteiger partial charge in [0.05, 0.1) is 0 Å². The number of amides is 2. The molecule has 1 fully saturated rings. The van der Waals surface area contributed by atoms with Crippen molar-refractivity contribution in [3.05, 3.63) is 34.3 Å². The Morgan fingerprint density at radius 1 is 1.32 bits per heavy atom. The first-order chi connectivity index (χ1) is 9.08. The summed E-state index contributed by atoms with van der Waals surface area (Å²) >= 11 is 3.44. The molecule has 5 heteroatoms. The van der Waals surface area contributed by atoms with Crippen molar-refractivity contribution in [3.63, 3.8) is 0 Å². The van der Waals surface area contributed by atoms with E-state index in [9.17, 15) is 9.59 Å². The van der Waals surface area contributed by atoms with E-state index in [4.69, 9.17) is 0 Å². The minimum atomic E-state index is -0.0762. The molecule has 0 saturated heterocycles. The molecule has 2 N–H and O–H groups in total. The number of carbonyl (C=O) groups excluding carboxylic acids is 2. The van der Waals surface area contributed by atoms with E-state index in [1.54, 1.807) is 0 Å². The van der Waals surface area contributed by atoms with E-state index in [1.165, 1.54) is 12.5 Å². The van der Waals surface area contributed by atoms with Crippen molar-refractivity contribution in [1.82, 2.24) is 10.6 Å². The molecule has 0 aliphatic heterocycles. The van der Waals surface area contributed by atoms with Gasteiger partial charge in [-0.15, -0.1) is 0 Å². The summed E-state index contributed by atoms with van der Waals surface area (Å²) in [6.45, 7) is 2.43. The van der Waals surface area contributed by atoms with Crippen LogP contribution in [0.4, 0.5) is 0 Å². The largest absolute Gasteiger partial charge is 0.355 e. The monoisotopic (exact) mass is 324 g/mol. The van der Waals surface area contributed by atoms with Crippen LogP contribution in [0.3, 0.4) is 0 Å². The van der Waals surface area contributed by atoms with Crippen LogP contribution in [0.2, 0.25) is 0 Å². The van der Waals surface area contributed by atoms with Gasteiger partial charge < -0.3 is 10.6 Å². The molecule has 0 heterocycles. The summed E-state index contributed by atoms with van der Waals surface area (Å²) < 4.78 is 1.04. The molecule has 1 aromatic carbocycles. The molecule has 4 nitrogen and oxygen atoms in total. The van der Waals surface area contributed by atoms with Crippen LogP contribution in [0.15, 0.2) is 28.7 Å². The van der Waals surface area contributed by atoms with Crippen molar-refractivity contribution in [2.75, 3.05) is 13.1 Å². The summed E-state index contributed by atoms with van der Waals surface area (Å²) in [7, 11) is 0. The lowest BCUT2D eigenvalue weighted by Crippen LogP contribution is -2.34. The maximum absolute atomic E-state index is 11.9. The van der Waals surface area contributed by atoms with Gasteiger partial charge in [-0.2, -0.15) is 0 Å². The Labute approximate surface area is 121 Å². The van der Waals surface area contributed by atoms with Crippen LogP contribution in [0.1, 0.15) is 24.8 Å². The average molecular weight is 325 g/mol. The molecule has 0 aromatic heterocycles. The van der Waals surface area contributed by atoms with Crippen LogP contribution in [-0.2, 0) is 9.59 Å². The number of halogens is 1. The smallest absolute Gasteiger partial charge is 0.223 e. The predicted octanol–water partition coefficient (Wildman–Crippen LogP) is 1.80. The molecule has 1 aromatic rings. The van der Waals surface area contributed by atoms with Crippen molar-refractivity contribution in [2.45, 2.75) is 19.3 Å². The molecule has 102 valence electrons. The topological polar surface area (TPSA) is 58.2 Å². The highest BCUT2D eigenvalue weighted by atomic mass is 79.9. The van der Waals surface area contributed by atoms with Gasteiger partial charge in [-0.25, -0.2) is 0 Å². The van der Waals surface area contributed by atoms with Crippen LogP contribution >= 0.6 is 15.9 Å². The number of carbonyl (C=O) groups is 2. The van der Waals surface area contributed by atoms with Gasteiger partial charge in [0.15, 0.2) is 0 Å². The van der Waals surface area contributed by atoms with E-state index in [2.05, 4.69) is 38.7 Å². The lowest BCUT2D eigenvalue weighted by Gasteiger charge is -2.05. The van der Waals surface area contributed by atoms with E-state index in [1.807, 2.05) is 12.1 Å². The summed E-state index contributed by atoms with van der Waals surface area (Å²) in [5.74, 6) is 0.410.